The minimum atomic E-state index is 0.0265. The molecule has 2 heteroatoms. The van der Waals surface area contributed by atoms with Crippen molar-refractivity contribution in [3.05, 3.63) is 12.2 Å². The third-order valence-electron chi connectivity index (χ3n) is 3.14. The molecule has 0 aliphatic carbocycles. The monoisotopic (exact) mass is 240 g/mol. The van der Waals surface area contributed by atoms with Crippen LogP contribution in [0.5, 0.6) is 0 Å². The second kappa shape index (κ2) is 9.67. The van der Waals surface area contributed by atoms with Gasteiger partial charge in [0, 0.05) is 0 Å². The normalized spacial score (nSPS) is 24.1. The molecule has 1 aliphatic heterocycles. The van der Waals surface area contributed by atoms with Crippen LogP contribution in [0.15, 0.2) is 12.2 Å². The molecule has 1 saturated heterocycles. The lowest BCUT2D eigenvalue weighted by molar-refractivity contribution is -0.377. The number of hydrogen-bond donors (Lipinski definition) is 0. The number of unbranched alkanes of at least 4 members (excludes halogenated alkanes) is 6. The number of allylic oxidation sites excluding steroid dienone is 2. The Morgan fingerprint density at radius 1 is 0.882 bits per heavy atom. The Hall–Kier alpha value is -0.340. The van der Waals surface area contributed by atoms with Gasteiger partial charge in [0.05, 0.1) is 0 Å². The zero-order valence-corrected chi connectivity index (χ0v) is 11.5. The fourth-order valence-electron chi connectivity index (χ4n) is 2.08. The standard InChI is InChI=1S/C15H28O2/c1-3-4-5-6-7-8-9-10-11-12-13-15-16-14(2)17-15/h9-10,14-15H,3-8,11-13H2,1-2H3/b10-9-. The fourth-order valence-corrected chi connectivity index (χ4v) is 2.08. The first-order valence-electron chi connectivity index (χ1n) is 7.29. The van der Waals surface area contributed by atoms with E-state index < -0.39 is 0 Å². The molecular weight excluding hydrogens is 212 g/mol. The van der Waals surface area contributed by atoms with E-state index in [1.807, 2.05) is 6.92 Å². The lowest BCUT2D eigenvalue weighted by Gasteiger charge is -2.33. The highest BCUT2D eigenvalue weighted by Crippen LogP contribution is 2.20. The van der Waals surface area contributed by atoms with Crippen molar-refractivity contribution in [2.75, 3.05) is 0 Å². The molecule has 0 radical (unpaired) electrons. The fraction of sp³-hybridized carbons (Fsp3) is 0.867. The van der Waals surface area contributed by atoms with Crippen molar-refractivity contribution in [2.45, 2.75) is 84.2 Å². The van der Waals surface area contributed by atoms with Gasteiger partial charge in [-0.25, -0.2) is 0 Å². The molecule has 0 aromatic rings. The smallest absolute Gasteiger partial charge is 0.163 e. The molecule has 17 heavy (non-hydrogen) atoms. The highest BCUT2D eigenvalue weighted by atomic mass is 16.9. The van der Waals surface area contributed by atoms with Crippen LogP contribution in [-0.4, -0.2) is 12.6 Å². The van der Waals surface area contributed by atoms with Crippen LogP contribution in [0, 0.1) is 0 Å². The Kier molecular flexibility index (Phi) is 8.37. The van der Waals surface area contributed by atoms with Crippen LogP contribution in [0.2, 0.25) is 0 Å². The van der Waals surface area contributed by atoms with Crippen LogP contribution in [0.4, 0.5) is 0 Å². The predicted octanol–water partition coefficient (Wildman–Crippen LogP) is 4.79. The van der Waals surface area contributed by atoms with Crippen molar-refractivity contribution < 1.29 is 9.47 Å². The molecule has 1 rings (SSSR count). The summed E-state index contributed by atoms with van der Waals surface area (Å²) in [4.78, 5) is 0. The van der Waals surface area contributed by atoms with Crippen LogP contribution in [0.25, 0.3) is 0 Å². The van der Waals surface area contributed by atoms with Crippen molar-refractivity contribution in [1.29, 1.82) is 0 Å². The molecule has 1 fully saturated rings. The Labute approximate surface area is 106 Å². The van der Waals surface area contributed by atoms with Gasteiger partial charge < -0.3 is 9.47 Å². The van der Waals surface area contributed by atoms with Crippen LogP contribution in [0.1, 0.15) is 71.6 Å². The summed E-state index contributed by atoms with van der Waals surface area (Å²) in [5, 5.41) is 0. The minimum Gasteiger partial charge on any atom is -0.324 e. The van der Waals surface area contributed by atoms with Gasteiger partial charge in [-0.15, -0.1) is 0 Å². The summed E-state index contributed by atoms with van der Waals surface area (Å²) in [7, 11) is 0. The molecule has 0 spiro atoms. The molecule has 1 aliphatic rings. The van der Waals surface area contributed by atoms with Gasteiger partial charge in [0.1, 0.15) is 0 Å². The van der Waals surface area contributed by atoms with E-state index in [9.17, 15) is 0 Å². The summed E-state index contributed by atoms with van der Waals surface area (Å²) in [6.45, 7) is 4.20. The molecule has 2 nitrogen and oxygen atoms in total. The average molecular weight is 240 g/mol. The quantitative estimate of drug-likeness (QED) is 0.403. The maximum atomic E-state index is 5.38. The Bertz CT molecular complexity index is 195. The predicted molar refractivity (Wildman–Crippen MR) is 71.8 cm³/mol. The molecule has 0 amide bonds. The van der Waals surface area contributed by atoms with E-state index in [1.54, 1.807) is 0 Å². The summed E-state index contributed by atoms with van der Waals surface area (Å²) < 4.78 is 10.8. The SMILES string of the molecule is CCCCCCC/C=C\CCCC1OC(C)O1. The summed E-state index contributed by atoms with van der Waals surface area (Å²) in [6, 6.07) is 0. The molecule has 0 aromatic heterocycles. The minimum absolute atomic E-state index is 0.0265. The Morgan fingerprint density at radius 3 is 2.18 bits per heavy atom. The van der Waals surface area contributed by atoms with E-state index in [4.69, 9.17) is 9.47 Å². The zero-order chi connectivity index (χ0) is 12.3. The molecule has 100 valence electrons. The topological polar surface area (TPSA) is 18.5 Å². The van der Waals surface area contributed by atoms with Crippen LogP contribution in [0.3, 0.4) is 0 Å². The van der Waals surface area contributed by atoms with Gasteiger partial charge in [-0.3, -0.25) is 0 Å². The van der Waals surface area contributed by atoms with E-state index in [0.717, 1.165) is 12.8 Å². The van der Waals surface area contributed by atoms with Crippen molar-refractivity contribution in [3.8, 4) is 0 Å². The van der Waals surface area contributed by atoms with Gasteiger partial charge >= 0.3 is 0 Å². The molecule has 1 heterocycles. The average Bonchev–Trinajstić information content (AvgIpc) is 2.29. The zero-order valence-electron chi connectivity index (χ0n) is 11.5. The van der Waals surface area contributed by atoms with Crippen LogP contribution >= 0.6 is 0 Å². The number of ether oxygens (including phenoxy) is 2. The third kappa shape index (κ3) is 7.56. The maximum absolute atomic E-state index is 5.38. The second-order valence-corrected chi connectivity index (χ2v) is 4.87. The number of hydrogen-bond acceptors (Lipinski definition) is 2. The van der Waals surface area contributed by atoms with Gasteiger partial charge in [0.25, 0.3) is 0 Å². The molecule has 0 N–H and O–H groups in total. The highest BCUT2D eigenvalue weighted by Gasteiger charge is 2.25. The first-order valence-corrected chi connectivity index (χ1v) is 7.29. The molecule has 0 bridgehead atoms. The Balaban J connectivity index is 1.76. The molecule has 0 saturated carbocycles. The van der Waals surface area contributed by atoms with E-state index in [-0.39, 0.29) is 12.6 Å². The van der Waals surface area contributed by atoms with Gasteiger partial charge in [0.15, 0.2) is 12.6 Å². The van der Waals surface area contributed by atoms with Crippen molar-refractivity contribution in [2.24, 2.45) is 0 Å². The van der Waals surface area contributed by atoms with Gasteiger partial charge in [0.2, 0.25) is 0 Å². The van der Waals surface area contributed by atoms with Gasteiger partial charge in [-0.2, -0.15) is 0 Å². The lowest BCUT2D eigenvalue weighted by atomic mass is 10.1. The molecule has 0 unspecified atom stereocenters. The second-order valence-electron chi connectivity index (χ2n) is 4.87. The summed E-state index contributed by atoms with van der Waals surface area (Å²) in [5.41, 5.74) is 0. The summed E-state index contributed by atoms with van der Waals surface area (Å²) >= 11 is 0. The van der Waals surface area contributed by atoms with E-state index in [0.29, 0.717) is 0 Å². The van der Waals surface area contributed by atoms with Crippen molar-refractivity contribution in [3.63, 3.8) is 0 Å². The molecule has 0 aromatic carbocycles. The third-order valence-corrected chi connectivity index (χ3v) is 3.14. The largest absolute Gasteiger partial charge is 0.324 e. The van der Waals surface area contributed by atoms with Gasteiger partial charge in [-0.1, -0.05) is 44.8 Å². The molecule has 0 atom stereocenters. The lowest BCUT2D eigenvalue weighted by Crippen LogP contribution is -2.38. The molecular formula is C15H28O2. The van der Waals surface area contributed by atoms with Crippen molar-refractivity contribution in [1.82, 2.24) is 0 Å². The number of rotatable bonds is 10. The van der Waals surface area contributed by atoms with Crippen molar-refractivity contribution >= 4 is 0 Å². The maximum Gasteiger partial charge on any atom is 0.163 e. The van der Waals surface area contributed by atoms with Crippen LogP contribution < -0.4 is 0 Å². The Morgan fingerprint density at radius 2 is 1.53 bits per heavy atom. The van der Waals surface area contributed by atoms with Gasteiger partial charge in [-0.05, 0) is 39.0 Å². The van der Waals surface area contributed by atoms with E-state index in [2.05, 4.69) is 19.1 Å². The van der Waals surface area contributed by atoms with E-state index in [1.165, 1.54) is 44.9 Å². The summed E-state index contributed by atoms with van der Waals surface area (Å²) in [6.07, 6.45) is 16.2. The first kappa shape index (κ1) is 14.7. The highest BCUT2D eigenvalue weighted by molar-refractivity contribution is 4.81. The summed E-state index contributed by atoms with van der Waals surface area (Å²) in [5.74, 6) is 0. The van der Waals surface area contributed by atoms with E-state index >= 15 is 0 Å². The van der Waals surface area contributed by atoms with Crippen LogP contribution in [-0.2, 0) is 9.47 Å². The first-order chi connectivity index (χ1) is 8.33.